The number of halogens is 2. The number of aliphatic hydroxyl groups excluding tert-OH is 1. The van der Waals surface area contributed by atoms with Crippen LogP contribution in [0.4, 0.5) is 0 Å². The van der Waals surface area contributed by atoms with Crippen LogP contribution in [0.2, 0.25) is 5.02 Å². The van der Waals surface area contributed by atoms with Crippen molar-refractivity contribution >= 4 is 40.4 Å². The molecule has 2 rings (SSSR count). The van der Waals surface area contributed by atoms with Gasteiger partial charge in [0.2, 0.25) is 0 Å². The molecule has 1 saturated carbocycles. The molecule has 2 nitrogen and oxygen atoms in total. The fourth-order valence-corrected chi connectivity index (χ4v) is 2.76. The molecule has 0 amide bonds. The van der Waals surface area contributed by atoms with E-state index >= 15 is 0 Å². The molecule has 0 bridgehead atoms. The molecule has 1 aromatic rings. The molecule has 1 N–H and O–H groups in total. The third kappa shape index (κ3) is 4.20. The number of nitrogens with zero attached hydrogens (tertiary/aromatic N) is 1. The summed E-state index contributed by atoms with van der Waals surface area (Å²) in [6.45, 7) is 2.06. The molecule has 1 fully saturated rings. The van der Waals surface area contributed by atoms with Crippen molar-refractivity contribution in [3.05, 3.63) is 40.3 Å². The second kappa shape index (κ2) is 8.74. The monoisotopic (exact) mass is 367 g/mol. The molecule has 0 aromatic heterocycles. The van der Waals surface area contributed by atoms with Gasteiger partial charge in [0.25, 0.3) is 0 Å². The molecule has 0 radical (unpaired) electrons. The smallest absolute Gasteiger partial charge is 1.00 e. The number of aliphatic hydroxyl groups is 1. The normalized spacial score (nSPS) is 17.1. The minimum absolute atomic E-state index is 0. The van der Waals surface area contributed by atoms with E-state index in [4.69, 9.17) is 16.7 Å². The van der Waals surface area contributed by atoms with Crippen molar-refractivity contribution in [1.82, 2.24) is 0 Å². The van der Waals surface area contributed by atoms with Crippen LogP contribution >= 0.6 is 11.6 Å². The molecule has 20 heavy (non-hydrogen) atoms. The zero-order valence-electron chi connectivity index (χ0n) is 11.8. The van der Waals surface area contributed by atoms with Gasteiger partial charge >= 0.3 is 23.1 Å². The summed E-state index contributed by atoms with van der Waals surface area (Å²) < 4.78 is 0. The largest absolute Gasteiger partial charge is 2.00 e. The summed E-state index contributed by atoms with van der Waals surface area (Å²) in [7, 11) is 0. The average molecular weight is 369 g/mol. The Bertz CT molecular complexity index is 434. The van der Waals surface area contributed by atoms with Gasteiger partial charge in [-0.1, -0.05) is 37.1 Å². The van der Waals surface area contributed by atoms with Crippen molar-refractivity contribution in [2.75, 3.05) is 6.61 Å². The molecular weight excluding hydrogens is 350 g/mol. The Morgan fingerprint density at radius 3 is 2.30 bits per heavy atom. The van der Waals surface area contributed by atoms with Gasteiger partial charge in [-0.3, -0.25) is 0 Å². The topological polar surface area (TPSA) is 42.5 Å². The first-order valence-electron chi connectivity index (χ1n) is 6.50. The van der Waals surface area contributed by atoms with Gasteiger partial charge in [-0.25, -0.2) is 0 Å². The molecule has 0 saturated heterocycles. The van der Waals surface area contributed by atoms with Crippen LogP contribution in [0.15, 0.2) is 24.3 Å². The SMILES string of the molecule is C[C@@H](CO)CC(=[N-])C1(c2ccc(Cl)cc2)CCC1.[Br-].[Mg+2]. The van der Waals surface area contributed by atoms with Gasteiger partial charge in [-0.15, -0.1) is 0 Å². The van der Waals surface area contributed by atoms with Crippen molar-refractivity contribution in [3.63, 3.8) is 0 Å². The Balaban J connectivity index is 0.00000180. The van der Waals surface area contributed by atoms with Crippen LogP contribution in [-0.2, 0) is 5.41 Å². The van der Waals surface area contributed by atoms with Crippen molar-refractivity contribution in [3.8, 4) is 0 Å². The minimum Gasteiger partial charge on any atom is -1.00 e. The van der Waals surface area contributed by atoms with Gasteiger partial charge in [0.15, 0.2) is 0 Å². The van der Waals surface area contributed by atoms with Crippen LogP contribution in [0.25, 0.3) is 5.41 Å². The zero-order chi connectivity index (χ0) is 13.2. The predicted molar refractivity (Wildman–Crippen MR) is 82.0 cm³/mol. The molecule has 0 aliphatic heterocycles. The Kier molecular flexibility index (Phi) is 8.91. The first kappa shape index (κ1) is 20.4. The third-order valence-electron chi connectivity index (χ3n) is 4.01. The van der Waals surface area contributed by atoms with Crippen molar-refractivity contribution in [2.45, 2.75) is 38.0 Å². The molecule has 1 aromatic carbocycles. The van der Waals surface area contributed by atoms with Crippen LogP contribution in [0.5, 0.6) is 0 Å². The van der Waals surface area contributed by atoms with Crippen molar-refractivity contribution in [1.29, 1.82) is 0 Å². The summed E-state index contributed by atoms with van der Waals surface area (Å²) in [6, 6.07) is 7.75. The molecule has 0 heterocycles. The quantitative estimate of drug-likeness (QED) is 0.594. The Morgan fingerprint density at radius 2 is 1.90 bits per heavy atom. The van der Waals surface area contributed by atoms with Crippen LogP contribution < -0.4 is 17.0 Å². The molecule has 0 spiro atoms. The summed E-state index contributed by atoms with van der Waals surface area (Å²) in [4.78, 5) is 0. The third-order valence-corrected chi connectivity index (χ3v) is 4.26. The van der Waals surface area contributed by atoms with E-state index in [0.717, 1.165) is 29.8 Å². The van der Waals surface area contributed by atoms with E-state index in [2.05, 4.69) is 0 Å². The summed E-state index contributed by atoms with van der Waals surface area (Å²) in [5.74, 6) is 0.106. The second-order valence-corrected chi connectivity index (χ2v) is 5.82. The number of hydrogen-bond acceptors (Lipinski definition) is 1. The van der Waals surface area contributed by atoms with Crippen LogP contribution in [0.1, 0.15) is 38.2 Å². The van der Waals surface area contributed by atoms with Gasteiger partial charge in [0.05, 0.1) is 0 Å². The molecule has 1 atom stereocenters. The minimum atomic E-state index is -0.200. The Hall–Kier alpha value is 0.386. The number of rotatable bonds is 5. The average Bonchev–Trinajstić information content (AvgIpc) is 2.30. The maximum absolute atomic E-state index is 10.4. The standard InChI is InChI=1S/C15H19ClNO.BrH.Mg/c1-11(10-18)9-14(17)15(7-2-8-15)12-3-5-13(16)6-4-12;;/h3-6,11,18H,2,7-10H2,1H3;1H;/q-1;;+2/p-1/t11-;;/m1../s1. The molecule has 1 aliphatic rings. The molecular formula is C15H19BrClMgNO. The van der Waals surface area contributed by atoms with Crippen molar-refractivity contribution in [2.24, 2.45) is 5.92 Å². The van der Waals surface area contributed by atoms with E-state index in [1.54, 1.807) is 0 Å². The van der Waals surface area contributed by atoms with E-state index in [-0.39, 0.29) is 58.0 Å². The number of hydrogen-bond donors (Lipinski definition) is 1. The molecule has 0 unspecified atom stereocenters. The summed E-state index contributed by atoms with van der Waals surface area (Å²) in [5, 5.41) is 20.2. The fraction of sp³-hybridized carbons (Fsp3) is 0.533. The van der Waals surface area contributed by atoms with Gasteiger partial charge in [-0.05, 0) is 48.3 Å². The summed E-state index contributed by atoms with van der Waals surface area (Å²) in [6.07, 6.45) is 3.68. The molecule has 1 aliphatic carbocycles. The summed E-state index contributed by atoms with van der Waals surface area (Å²) >= 11 is 5.91. The van der Waals surface area contributed by atoms with Gasteiger partial charge in [0, 0.05) is 11.6 Å². The van der Waals surface area contributed by atoms with Crippen LogP contribution in [0.3, 0.4) is 0 Å². The van der Waals surface area contributed by atoms with E-state index in [1.165, 1.54) is 0 Å². The zero-order valence-corrected chi connectivity index (χ0v) is 15.5. The predicted octanol–water partition coefficient (Wildman–Crippen LogP) is 0.414. The first-order chi connectivity index (χ1) is 8.58. The fourth-order valence-electron chi connectivity index (χ4n) is 2.63. The van der Waals surface area contributed by atoms with E-state index < -0.39 is 0 Å². The van der Waals surface area contributed by atoms with Crippen LogP contribution in [-0.4, -0.2) is 40.5 Å². The van der Waals surface area contributed by atoms with Gasteiger partial charge in [-0.2, -0.15) is 5.71 Å². The second-order valence-electron chi connectivity index (χ2n) is 5.38. The van der Waals surface area contributed by atoms with E-state index in [1.807, 2.05) is 31.2 Å². The van der Waals surface area contributed by atoms with Gasteiger partial charge in [0.1, 0.15) is 0 Å². The van der Waals surface area contributed by atoms with Gasteiger partial charge < -0.3 is 27.5 Å². The Labute approximate surface area is 152 Å². The molecule has 106 valence electrons. The van der Waals surface area contributed by atoms with E-state index in [0.29, 0.717) is 12.1 Å². The summed E-state index contributed by atoms with van der Waals surface area (Å²) in [5.41, 5.74) is 1.45. The molecule has 5 heteroatoms. The first-order valence-corrected chi connectivity index (χ1v) is 6.88. The maximum atomic E-state index is 10.4. The number of benzene rings is 1. The Morgan fingerprint density at radius 1 is 1.35 bits per heavy atom. The van der Waals surface area contributed by atoms with E-state index in [9.17, 15) is 5.41 Å². The van der Waals surface area contributed by atoms with Crippen molar-refractivity contribution < 1.29 is 22.1 Å². The van der Waals surface area contributed by atoms with Crippen LogP contribution in [0, 0.1) is 5.92 Å². The maximum Gasteiger partial charge on any atom is 2.00 e.